The molecule has 0 radical (unpaired) electrons. The highest BCUT2D eigenvalue weighted by Gasteiger charge is 2.33. The van der Waals surface area contributed by atoms with Gasteiger partial charge in [0.15, 0.2) is 5.78 Å². The van der Waals surface area contributed by atoms with Gasteiger partial charge in [-0.25, -0.2) is 9.18 Å². The number of halogens is 1. The average Bonchev–Trinajstić information content (AvgIpc) is 3.31. The summed E-state index contributed by atoms with van der Waals surface area (Å²) in [5.41, 5.74) is 1.58. The van der Waals surface area contributed by atoms with Crippen molar-refractivity contribution in [2.24, 2.45) is 0 Å². The normalized spacial score (nSPS) is 17.6. The highest BCUT2D eigenvalue weighted by atomic mass is 19.1. The van der Waals surface area contributed by atoms with E-state index in [9.17, 15) is 18.8 Å². The van der Waals surface area contributed by atoms with Gasteiger partial charge in [0.25, 0.3) is 0 Å². The molecule has 2 saturated heterocycles. The Morgan fingerprint density at radius 2 is 1.76 bits per heavy atom. The molecule has 3 aromatic carbocycles. The van der Waals surface area contributed by atoms with Gasteiger partial charge >= 0.3 is 6.09 Å². The van der Waals surface area contributed by atoms with Crippen LogP contribution in [0.3, 0.4) is 0 Å². The minimum Gasteiger partial charge on any atom is -0.442 e. The SMILES string of the molecule is O=C(CCC(=O)c1cccc2ccccc12)NCC1CN(c2ccc(N3CCCCC3)c(F)c2)C(=O)O1. The van der Waals surface area contributed by atoms with Crippen LogP contribution in [-0.2, 0) is 9.53 Å². The zero-order chi connectivity index (χ0) is 25.8. The Balaban J connectivity index is 1.12. The van der Waals surface area contributed by atoms with Crippen molar-refractivity contribution in [3.63, 3.8) is 0 Å². The van der Waals surface area contributed by atoms with Crippen LogP contribution in [0.2, 0.25) is 0 Å². The van der Waals surface area contributed by atoms with Crippen molar-refractivity contribution in [3.8, 4) is 0 Å². The molecule has 0 spiro atoms. The lowest BCUT2D eigenvalue weighted by atomic mass is 9.99. The number of rotatable bonds is 8. The Hall–Kier alpha value is -3.94. The average molecular weight is 504 g/mol. The van der Waals surface area contributed by atoms with E-state index < -0.39 is 12.2 Å². The predicted octanol–water partition coefficient (Wildman–Crippen LogP) is 5.07. The minimum absolute atomic E-state index is 0.0373. The monoisotopic (exact) mass is 503 g/mol. The second-order valence-corrected chi connectivity index (χ2v) is 9.55. The fraction of sp³-hybridized carbons (Fsp3) is 0.345. The Kier molecular flexibility index (Phi) is 7.35. The lowest BCUT2D eigenvalue weighted by molar-refractivity contribution is -0.121. The van der Waals surface area contributed by atoms with E-state index in [0.717, 1.165) is 43.1 Å². The molecule has 3 aromatic rings. The summed E-state index contributed by atoms with van der Waals surface area (Å²) < 4.78 is 20.2. The van der Waals surface area contributed by atoms with Crippen molar-refractivity contribution in [3.05, 3.63) is 72.0 Å². The van der Waals surface area contributed by atoms with Crippen LogP contribution in [0.5, 0.6) is 0 Å². The molecular weight excluding hydrogens is 473 g/mol. The maximum atomic E-state index is 14.8. The topological polar surface area (TPSA) is 79.0 Å². The standard InChI is InChI=1S/C29H30FN3O4/c30-25-17-21(11-12-26(25)32-15-4-1-5-16-32)33-19-22(37-29(33)36)18-31-28(35)14-13-27(34)24-10-6-8-20-7-2-3-9-23(20)24/h2-3,6-12,17,22H,1,4-5,13-16,18-19H2,(H,31,35). The molecule has 2 fully saturated rings. The Morgan fingerprint density at radius 3 is 2.57 bits per heavy atom. The van der Waals surface area contributed by atoms with Crippen molar-refractivity contribution in [2.45, 2.75) is 38.2 Å². The van der Waals surface area contributed by atoms with E-state index in [2.05, 4.69) is 5.32 Å². The first kappa shape index (κ1) is 24.7. The molecule has 2 aliphatic rings. The molecule has 2 heterocycles. The first-order chi connectivity index (χ1) is 18.0. The molecular formula is C29H30FN3O4. The van der Waals surface area contributed by atoms with Crippen LogP contribution in [0.25, 0.3) is 10.8 Å². The number of carbonyl (C=O) groups is 3. The lowest BCUT2D eigenvalue weighted by Crippen LogP contribution is -2.34. The van der Waals surface area contributed by atoms with E-state index in [1.807, 2.05) is 41.3 Å². The van der Waals surface area contributed by atoms with Gasteiger partial charge in [0.05, 0.1) is 24.5 Å². The molecule has 1 atom stereocenters. The Bertz CT molecular complexity index is 1320. The number of piperidine rings is 1. The number of hydrogen-bond acceptors (Lipinski definition) is 5. The van der Waals surface area contributed by atoms with Gasteiger partial charge < -0.3 is 15.0 Å². The fourth-order valence-corrected chi connectivity index (χ4v) is 5.04. The third kappa shape index (κ3) is 5.58. The van der Waals surface area contributed by atoms with Gasteiger partial charge in [0, 0.05) is 31.5 Å². The molecule has 1 N–H and O–H groups in total. The van der Waals surface area contributed by atoms with Crippen LogP contribution >= 0.6 is 0 Å². The molecule has 0 aliphatic carbocycles. The molecule has 0 aromatic heterocycles. The van der Waals surface area contributed by atoms with Crippen molar-refractivity contribution < 1.29 is 23.5 Å². The number of ketones is 1. The lowest BCUT2D eigenvalue weighted by Gasteiger charge is -2.29. The molecule has 2 aliphatic heterocycles. The van der Waals surface area contributed by atoms with Gasteiger partial charge in [-0.05, 0) is 48.2 Å². The molecule has 0 bridgehead atoms. The second kappa shape index (κ2) is 11.0. The van der Waals surface area contributed by atoms with Crippen LogP contribution in [0, 0.1) is 5.82 Å². The highest BCUT2D eigenvalue weighted by Crippen LogP contribution is 2.29. The molecule has 192 valence electrons. The summed E-state index contributed by atoms with van der Waals surface area (Å²) in [6, 6.07) is 18.0. The summed E-state index contributed by atoms with van der Waals surface area (Å²) in [5, 5.41) is 4.60. The maximum absolute atomic E-state index is 14.8. The number of hydrogen-bond donors (Lipinski definition) is 1. The van der Waals surface area contributed by atoms with Crippen molar-refractivity contribution in [1.29, 1.82) is 0 Å². The summed E-state index contributed by atoms with van der Waals surface area (Å²) in [6.45, 7) is 1.99. The zero-order valence-corrected chi connectivity index (χ0v) is 20.6. The summed E-state index contributed by atoms with van der Waals surface area (Å²) >= 11 is 0. The van der Waals surface area contributed by atoms with Gasteiger partial charge in [0.1, 0.15) is 11.9 Å². The zero-order valence-electron chi connectivity index (χ0n) is 20.6. The van der Waals surface area contributed by atoms with Crippen molar-refractivity contribution in [1.82, 2.24) is 5.32 Å². The quantitative estimate of drug-likeness (QED) is 0.434. The summed E-state index contributed by atoms with van der Waals surface area (Å²) in [7, 11) is 0. The first-order valence-electron chi connectivity index (χ1n) is 12.8. The van der Waals surface area contributed by atoms with Crippen LogP contribution in [0.1, 0.15) is 42.5 Å². The number of fused-ring (bicyclic) bond motifs is 1. The number of cyclic esters (lactones) is 1. The van der Waals surface area contributed by atoms with E-state index in [4.69, 9.17) is 4.74 Å². The molecule has 2 amide bonds. The maximum Gasteiger partial charge on any atom is 0.414 e. The number of nitrogens with one attached hydrogen (secondary N) is 1. The van der Waals surface area contributed by atoms with E-state index in [0.29, 0.717) is 16.9 Å². The number of ether oxygens (including phenoxy) is 1. The summed E-state index contributed by atoms with van der Waals surface area (Å²) in [6.07, 6.45) is 2.24. The number of carbonyl (C=O) groups excluding carboxylic acids is 3. The highest BCUT2D eigenvalue weighted by molar-refractivity contribution is 6.08. The third-order valence-corrected chi connectivity index (χ3v) is 7.01. The molecule has 5 rings (SSSR count). The van der Waals surface area contributed by atoms with Crippen molar-refractivity contribution >= 4 is 39.9 Å². The number of benzene rings is 3. The predicted molar refractivity (Wildman–Crippen MR) is 141 cm³/mol. The molecule has 0 saturated carbocycles. The Labute approximate surface area is 215 Å². The number of anilines is 2. The van der Waals surface area contributed by atoms with E-state index in [1.54, 1.807) is 18.2 Å². The van der Waals surface area contributed by atoms with Gasteiger partial charge in [-0.2, -0.15) is 0 Å². The first-order valence-corrected chi connectivity index (χ1v) is 12.8. The number of Topliss-reactive ketones (excluding diaryl/α,β-unsaturated/α-hetero) is 1. The van der Waals surface area contributed by atoms with Crippen LogP contribution < -0.4 is 15.1 Å². The van der Waals surface area contributed by atoms with Gasteiger partial charge in [0.2, 0.25) is 5.91 Å². The van der Waals surface area contributed by atoms with Gasteiger partial charge in [-0.15, -0.1) is 0 Å². The second-order valence-electron chi connectivity index (χ2n) is 9.55. The smallest absolute Gasteiger partial charge is 0.414 e. The summed E-state index contributed by atoms with van der Waals surface area (Å²) in [5.74, 6) is -0.750. The van der Waals surface area contributed by atoms with Crippen molar-refractivity contribution in [2.75, 3.05) is 36.0 Å². The number of nitrogens with zero attached hydrogens (tertiary/aromatic N) is 2. The van der Waals surface area contributed by atoms with Gasteiger partial charge in [-0.1, -0.05) is 42.5 Å². The third-order valence-electron chi connectivity index (χ3n) is 7.01. The molecule has 8 heteroatoms. The van der Waals surface area contributed by atoms with Crippen LogP contribution in [0.15, 0.2) is 60.7 Å². The van der Waals surface area contributed by atoms with Crippen LogP contribution in [-0.4, -0.2) is 50.1 Å². The molecule has 37 heavy (non-hydrogen) atoms. The van der Waals surface area contributed by atoms with E-state index >= 15 is 0 Å². The molecule has 7 nitrogen and oxygen atoms in total. The van der Waals surface area contributed by atoms with Gasteiger partial charge in [-0.3, -0.25) is 14.5 Å². The summed E-state index contributed by atoms with van der Waals surface area (Å²) in [4.78, 5) is 41.0. The number of amides is 2. The van der Waals surface area contributed by atoms with Crippen LogP contribution in [0.4, 0.5) is 20.6 Å². The van der Waals surface area contributed by atoms with E-state index in [-0.39, 0.29) is 43.4 Å². The van der Waals surface area contributed by atoms with E-state index in [1.165, 1.54) is 11.0 Å². The Morgan fingerprint density at radius 1 is 0.973 bits per heavy atom. The molecule has 1 unspecified atom stereocenters. The minimum atomic E-state index is -0.574. The largest absolute Gasteiger partial charge is 0.442 e. The fourth-order valence-electron chi connectivity index (χ4n) is 5.04.